The monoisotopic (exact) mass is 621 g/mol. The Bertz CT molecular complexity index is 636. The van der Waals surface area contributed by atoms with Crippen LogP contribution in [0.3, 0.4) is 0 Å². The third kappa shape index (κ3) is 33.2. The van der Waals surface area contributed by atoms with Gasteiger partial charge in [0, 0.05) is 25.9 Å². The molecule has 0 aromatic heterocycles. The first-order valence-electron chi connectivity index (χ1n) is 18.7. The van der Waals surface area contributed by atoms with E-state index in [1.807, 2.05) is 0 Å². The molecular weight excluding hydrogens is 548 g/mol. The number of unbranched alkanes of at least 4 members (excludes halogenated alkanes) is 16. The summed E-state index contributed by atoms with van der Waals surface area (Å²) in [7, 11) is 0. The van der Waals surface area contributed by atoms with E-state index >= 15 is 0 Å². The van der Waals surface area contributed by atoms with Gasteiger partial charge in [0.1, 0.15) is 0 Å². The lowest BCUT2D eigenvalue weighted by Gasteiger charge is -2.07. The van der Waals surface area contributed by atoms with Crippen LogP contribution in [-0.2, 0) is 9.59 Å². The van der Waals surface area contributed by atoms with E-state index in [9.17, 15) is 19.8 Å². The maximum Gasteiger partial charge on any atom is 0.220 e. The predicted molar refractivity (Wildman–Crippen MR) is 188 cm³/mol. The number of carbonyl (C=O) groups excluding carboxylic acids is 2. The van der Waals surface area contributed by atoms with Gasteiger partial charge in [-0.1, -0.05) is 128 Å². The van der Waals surface area contributed by atoms with Crippen LogP contribution < -0.4 is 10.6 Å². The summed E-state index contributed by atoms with van der Waals surface area (Å²) in [6.07, 6.45) is 35.6. The van der Waals surface area contributed by atoms with Crippen LogP contribution in [0.25, 0.3) is 0 Å². The van der Waals surface area contributed by atoms with Gasteiger partial charge in [0.25, 0.3) is 0 Å². The van der Waals surface area contributed by atoms with Gasteiger partial charge in [-0.15, -0.1) is 0 Å². The van der Waals surface area contributed by atoms with E-state index in [0.29, 0.717) is 25.9 Å². The highest BCUT2D eigenvalue weighted by Gasteiger charge is 2.04. The van der Waals surface area contributed by atoms with E-state index in [-0.39, 0.29) is 24.0 Å². The minimum absolute atomic E-state index is 0.0730. The summed E-state index contributed by atoms with van der Waals surface area (Å²) in [5.74, 6) is 0.146. The summed E-state index contributed by atoms with van der Waals surface area (Å²) in [5, 5.41) is 25.8. The van der Waals surface area contributed by atoms with Crippen LogP contribution in [0.2, 0.25) is 0 Å². The van der Waals surface area contributed by atoms with Gasteiger partial charge in [0.2, 0.25) is 11.8 Å². The minimum Gasteiger partial charge on any atom is -0.393 e. The first kappa shape index (κ1) is 42.3. The number of aliphatic hydroxyl groups is 2. The van der Waals surface area contributed by atoms with E-state index in [2.05, 4.69) is 48.8 Å². The fraction of sp³-hybridized carbons (Fsp3) is 0.842. The highest BCUT2D eigenvalue weighted by atomic mass is 16.3. The topological polar surface area (TPSA) is 98.7 Å². The summed E-state index contributed by atoms with van der Waals surface area (Å²) in [6.45, 7) is 5.40. The fourth-order valence-electron chi connectivity index (χ4n) is 5.33. The van der Waals surface area contributed by atoms with Crippen molar-refractivity contribution in [2.45, 2.75) is 193 Å². The molecule has 0 spiro atoms. The second kappa shape index (κ2) is 34.2. The second-order valence-corrected chi connectivity index (χ2v) is 12.7. The Hall–Kier alpha value is -1.66. The van der Waals surface area contributed by atoms with E-state index in [1.54, 1.807) is 0 Å². The highest BCUT2D eigenvalue weighted by Crippen LogP contribution is 2.12. The van der Waals surface area contributed by atoms with E-state index < -0.39 is 0 Å². The van der Waals surface area contributed by atoms with Crippen molar-refractivity contribution in [3.63, 3.8) is 0 Å². The number of aliphatic hydroxyl groups excluding tert-OH is 2. The number of amides is 2. The van der Waals surface area contributed by atoms with Crippen molar-refractivity contribution >= 4 is 11.8 Å². The van der Waals surface area contributed by atoms with Gasteiger partial charge in [0.05, 0.1) is 12.2 Å². The van der Waals surface area contributed by atoms with Crippen molar-refractivity contribution in [2.24, 2.45) is 0 Å². The Morgan fingerprint density at radius 3 is 1.27 bits per heavy atom. The molecule has 0 heterocycles. The molecular formula is C38H72N2O4. The zero-order valence-corrected chi connectivity index (χ0v) is 29.0. The molecule has 0 saturated heterocycles. The average Bonchev–Trinajstić information content (AvgIpc) is 3.01. The van der Waals surface area contributed by atoms with E-state index in [1.165, 1.54) is 64.2 Å². The lowest BCUT2D eigenvalue weighted by molar-refractivity contribution is -0.123. The smallest absolute Gasteiger partial charge is 0.220 e. The third-order valence-corrected chi connectivity index (χ3v) is 8.25. The molecule has 0 fully saturated rings. The van der Waals surface area contributed by atoms with Gasteiger partial charge >= 0.3 is 0 Å². The van der Waals surface area contributed by atoms with Crippen molar-refractivity contribution in [3.8, 4) is 0 Å². The molecule has 258 valence electrons. The minimum atomic E-state index is -0.188. The SMILES string of the molecule is CCCCCC[C@@H](O)C/C=C\CCCCCCCC(=O)NCCNC(=O)CCCCCCC/C=C\C[C@H](O)CCCCCC. The molecule has 0 rings (SSSR count). The fourth-order valence-corrected chi connectivity index (χ4v) is 5.33. The summed E-state index contributed by atoms with van der Waals surface area (Å²) in [4.78, 5) is 24.0. The van der Waals surface area contributed by atoms with Crippen LogP contribution in [0.15, 0.2) is 24.3 Å². The number of carbonyl (C=O) groups is 2. The normalized spacial score (nSPS) is 13.1. The van der Waals surface area contributed by atoms with Crippen LogP contribution in [0.5, 0.6) is 0 Å². The number of hydrogen-bond acceptors (Lipinski definition) is 4. The Balaban J connectivity index is 3.44. The molecule has 0 aliphatic rings. The number of allylic oxidation sites excluding steroid dienone is 2. The summed E-state index contributed by atoms with van der Waals surface area (Å²) in [6, 6.07) is 0. The molecule has 4 N–H and O–H groups in total. The highest BCUT2D eigenvalue weighted by molar-refractivity contribution is 5.77. The van der Waals surface area contributed by atoms with Crippen LogP contribution >= 0.6 is 0 Å². The predicted octanol–water partition coefficient (Wildman–Crippen LogP) is 9.24. The molecule has 2 atom stereocenters. The van der Waals surface area contributed by atoms with Gasteiger partial charge < -0.3 is 20.8 Å². The number of hydrogen-bond donors (Lipinski definition) is 4. The quantitative estimate of drug-likeness (QED) is 0.0434. The standard InChI is InChI=1S/C38H72N2O4/c1-3-5-7-21-27-35(41)29-23-17-13-9-11-15-19-25-31-37(43)39-33-34-40-38(44)32-26-20-16-12-10-14-18-24-30-36(42)28-22-8-6-4-2/h17-18,23-24,35-36,41-42H,3-16,19-22,25-34H2,1-2H3,(H,39,43)(H,40,44)/b23-17-,24-18-/t35-,36-/m1/s1. The van der Waals surface area contributed by atoms with Crippen molar-refractivity contribution in [3.05, 3.63) is 24.3 Å². The molecule has 0 aliphatic carbocycles. The van der Waals surface area contributed by atoms with Crippen molar-refractivity contribution in [2.75, 3.05) is 13.1 Å². The van der Waals surface area contributed by atoms with Crippen molar-refractivity contribution in [1.82, 2.24) is 10.6 Å². The molecule has 0 aromatic carbocycles. The van der Waals surface area contributed by atoms with E-state index in [0.717, 1.165) is 89.9 Å². The third-order valence-electron chi connectivity index (χ3n) is 8.25. The molecule has 2 amide bonds. The van der Waals surface area contributed by atoms with Gasteiger partial charge in [-0.3, -0.25) is 9.59 Å². The molecule has 0 saturated carbocycles. The first-order chi connectivity index (χ1) is 21.5. The molecule has 6 heteroatoms. The van der Waals surface area contributed by atoms with Crippen LogP contribution in [0.1, 0.15) is 181 Å². The Labute approximate surface area is 272 Å². The van der Waals surface area contributed by atoms with Gasteiger partial charge in [-0.25, -0.2) is 0 Å². The molecule has 0 unspecified atom stereocenters. The Morgan fingerprint density at radius 1 is 0.500 bits per heavy atom. The molecule has 0 aliphatic heterocycles. The Kier molecular flexibility index (Phi) is 32.9. The molecule has 6 nitrogen and oxygen atoms in total. The second-order valence-electron chi connectivity index (χ2n) is 12.7. The zero-order chi connectivity index (χ0) is 32.4. The number of nitrogens with one attached hydrogen (secondary N) is 2. The summed E-state index contributed by atoms with van der Waals surface area (Å²) in [5.41, 5.74) is 0. The van der Waals surface area contributed by atoms with Crippen molar-refractivity contribution in [1.29, 1.82) is 0 Å². The van der Waals surface area contributed by atoms with Gasteiger partial charge in [0.15, 0.2) is 0 Å². The van der Waals surface area contributed by atoms with Crippen molar-refractivity contribution < 1.29 is 19.8 Å². The van der Waals surface area contributed by atoms with Gasteiger partial charge in [-0.2, -0.15) is 0 Å². The van der Waals surface area contributed by atoms with Gasteiger partial charge in [-0.05, 0) is 64.2 Å². The molecule has 0 bridgehead atoms. The lowest BCUT2D eigenvalue weighted by atomic mass is 10.1. The maximum atomic E-state index is 12.0. The Morgan fingerprint density at radius 2 is 0.864 bits per heavy atom. The average molecular weight is 621 g/mol. The molecule has 0 radical (unpaired) electrons. The summed E-state index contributed by atoms with van der Waals surface area (Å²) >= 11 is 0. The zero-order valence-electron chi connectivity index (χ0n) is 29.0. The van der Waals surface area contributed by atoms with Crippen LogP contribution in [0.4, 0.5) is 0 Å². The number of rotatable bonds is 33. The summed E-state index contributed by atoms with van der Waals surface area (Å²) < 4.78 is 0. The molecule has 0 aromatic rings. The lowest BCUT2D eigenvalue weighted by Crippen LogP contribution is -2.34. The van der Waals surface area contributed by atoms with E-state index in [4.69, 9.17) is 0 Å². The molecule has 44 heavy (non-hydrogen) atoms. The largest absolute Gasteiger partial charge is 0.393 e. The van der Waals surface area contributed by atoms with Crippen LogP contribution in [0, 0.1) is 0 Å². The first-order valence-corrected chi connectivity index (χ1v) is 18.7. The van der Waals surface area contributed by atoms with Crippen LogP contribution in [-0.4, -0.2) is 47.3 Å². The maximum absolute atomic E-state index is 12.0.